The second-order valence-electron chi connectivity index (χ2n) is 5.93. The molecule has 1 nitrogen and oxygen atoms in total. The first-order valence-electron chi connectivity index (χ1n) is 9.04. The fourth-order valence-electron chi connectivity index (χ4n) is 3.04. The number of nitrogens with zero attached hydrogens (tertiary/aromatic N) is 1. The Morgan fingerprint density at radius 1 is 0.579 bits per heavy atom. The Kier molecular flexibility index (Phi) is 14.3. The molecule has 0 aromatic heterocycles. The molecular weight excluding hydrogens is 230 g/mol. The van der Waals surface area contributed by atoms with Crippen LogP contribution < -0.4 is 0 Å². The van der Waals surface area contributed by atoms with Gasteiger partial charge in [0.25, 0.3) is 0 Å². The van der Waals surface area contributed by atoms with E-state index in [2.05, 4.69) is 32.6 Å². The van der Waals surface area contributed by atoms with Crippen molar-refractivity contribution in [1.29, 1.82) is 0 Å². The molecule has 0 aromatic carbocycles. The van der Waals surface area contributed by atoms with Gasteiger partial charge in [-0.05, 0) is 25.9 Å². The van der Waals surface area contributed by atoms with Crippen LogP contribution in [-0.2, 0) is 0 Å². The summed E-state index contributed by atoms with van der Waals surface area (Å²) in [5, 5.41) is 0. The molecule has 0 radical (unpaired) electrons. The van der Waals surface area contributed by atoms with Crippen LogP contribution in [0.4, 0.5) is 0 Å². The van der Waals surface area contributed by atoms with E-state index >= 15 is 0 Å². The second kappa shape index (κ2) is 14.4. The Balaban J connectivity index is 3.89. The Labute approximate surface area is 123 Å². The summed E-state index contributed by atoms with van der Waals surface area (Å²) in [6.07, 6.45) is 15.6. The van der Waals surface area contributed by atoms with E-state index in [1.807, 2.05) is 0 Å². The minimum Gasteiger partial charge on any atom is -0.301 e. The van der Waals surface area contributed by atoms with Crippen molar-refractivity contribution in [2.45, 2.75) is 104 Å². The monoisotopic (exact) mass is 269 g/mol. The molecule has 0 saturated carbocycles. The molecule has 0 saturated heterocycles. The molecule has 0 amide bonds. The molecule has 0 fully saturated rings. The van der Waals surface area contributed by atoms with Crippen molar-refractivity contribution < 1.29 is 0 Å². The van der Waals surface area contributed by atoms with Gasteiger partial charge in [0.05, 0.1) is 0 Å². The predicted molar refractivity (Wildman–Crippen MR) is 88.8 cm³/mol. The molecule has 0 heterocycles. The highest BCUT2D eigenvalue weighted by Crippen LogP contribution is 2.17. The summed E-state index contributed by atoms with van der Waals surface area (Å²) in [6.45, 7) is 11.7. The number of hydrogen-bond acceptors (Lipinski definition) is 1. The van der Waals surface area contributed by atoms with Crippen LogP contribution in [0.2, 0.25) is 0 Å². The topological polar surface area (TPSA) is 3.24 Å². The van der Waals surface area contributed by atoms with Gasteiger partial charge in [-0.2, -0.15) is 0 Å². The van der Waals surface area contributed by atoms with Crippen LogP contribution in [0.25, 0.3) is 0 Å². The van der Waals surface area contributed by atoms with E-state index in [0.717, 1.165) is 6.04 Å². The van der Waals surface area contributed by atoms with Gasteiger partial charge in [-0.1, -0.05) is 85.5 Å². The Morgan fingerprint density at radius 2 is 1.00 bits per heavy atom. The Hall–Kier alpha value is -0.0400. The van der Waals surface area contributed by atoms with Crippen molar-refractivity contribution in [2.75, 3.05) is 13.1 Å². The highest BCUT2D eigenvalue weighted by Gasteiger charge is 2.14. The number of hydrogen-bond donors (Lipinski definition) is 0. The SMILES string of the molecule is CCCCCCCC(CCCCCC)N(CC)CC. The van der Waals surface area contributed by atoms with Gasteiger partial charge in [-0.15, -0.1) is 0 Å². The van der Waals surface area contributed by atoms with Crippen LogP contribution >= 0.6 is 0 Å². The highest BCUT2D eigenvalue weighted by molar-refractivity contribution is 4.70. The maximum Gasteiger partial charge on any atom is 0.00950 e. The summed E-state index contributed by atoms with van der Waals surface area (Å²) in [7, 11) is 0. The largest absolute Gasteiger partial charge is 0.301 e. The molecule has 0 spiro atoms. The summed E-state index contributed by atoms with van der Waals surface area (Å²) in [5.41, 5.74) is 0. The first kappa shape index (κ1) is 19.0. The van der Waals surface area contributed by atoms with Crippen molar-refractivity contribution in [3.05, 3.63) is 0 Å². The molecule has 0 aliphatic rings. The fraction of sp³-hybridized carbons (Fsp3) is 1.00. The van der Waals surface area contributed by atoms with Crippen molar-refractivity contribution in [2.24, 2.45) is 0 Å². The molecule has 19 heavy (non-hydrogen) atoms. The van der Waals surface area contributed by atoms with Crippen molar-refractivity contribution >= 4 is 0 Å². The maximum atomic E-state index is 2.69. The molecule has 1 heteroatoms. The van der Waals surface area contributed by atoms with Crippen LogP contribution in [0.5, 0.6) is 0 Å². The van der Waals surface area contributed by atoms with Gasteiger partial charge in [0.1, 0.15) is 0 Å². The summed E-state index contributed by atoms with van der Waals surface area (Å²) in [6, 6.07) is 0.855. The standard InChI is InChI=1S/C18H39N/c1-5-9-11-13-15-17-18(19(7-3)8-4)16-14-12-10-6-2/h18H,5-17H2,1-4H3. The Morgan fingerprint density at radius 3 is 1.42 bits per heavy atom. The molecule has 0 N–H and O–H groups in total. The van der Waals surface area contributed by atoms with E-state index in [1.165, 1.54) is 83.7 Å². The zero-order valence-corrected chi connectivity index (χ0v) is 14.2. The summed E-state index contributed by atoms with van der Waals surface area (Å²) < 4.78 is 0. The van der Waals surface area contributed by atoms with Crippen LogP contribution in [0.1, 0.15) is 98.3 Å². The average Bonchev–Trinajstić information content (AvgIpc) is 2.43. The lowest BCUT2D eigenvalue weighted by Crippen LogP contribution is -2.35. The van der Waals surface area contributed by atoms with Crippen molar-refractivity contribution in [3.63, 3.8) is 0 Å². The lowest BCUT2D eigenvalue weighted by Gasteiger charge is -2.30. The highest BCUT2D eigenvalue weighted by atomic mass is 15.1. The third-order valence-electron chi connectivity index (χ3n) is 4.36. The van der Waals surface area contributed by atoms with Crippen LogP contribution in [-0.4, -0.2) is 24.0 Å². The van der Waals surface area contributed by atoms with Gasteiger partial charge in [-0.3, -0.25) is 0 Å². The normalized spacial score (nSPS) is 13.1. The molecule has 0 bridgehead atoms. The van der Waals surface area contributed by atoms with Crippen LogP contribution in [0.3, 0.4) is 0 Å². The molecule has 1 atom stereocenters. The van der Waals surface area contributed by atoms with Gasteiger partial charge < -0.3 is 4.90 Å². The minimum atomic E-state index is 0.855. The first-order chi connectivity index (χ1) is 9.29. The van der Waals surface area contributed by atoms with Gasteiger partial charge in [-0.25, -0.2) is 0 Å². The summed E-state index contributed by atoms with van der Waals surface area (Å²) in [4.78, 5) is 2.69. The zero-order valence-electron chi connectivity index (χ0n) is 14.2. The molecule has 0 aliphatic carbocycles. The average molecular weight is 270 g/mol. The first-order valence-corrected chi connectivity index (χ1v) is 9.04. The van der Waals surface area contributed by atoms with E-state index in [4.69, 9.17) is 0 Å². The number of unbranched alkanes of at least 4 members (excludes halogenated alkanes) is 7. The molecule has 0 aromatic rings. The van der Waals surface area contributed by atoms with Gasteiger partial charge >= 0.3 is 0 Å². The second-order valence-corrected chi connectivity index (χ2v) is 5.93. The van der Waals surface area contributed by atoms with E-state index < -0.39 is 0 Å². The summed E-state index contributed by atoms with van der Waals surface area (Å²) in [5.74, 6) is 0. The maximum absolute atomic E-state index is 2.69. The van der Waals surface area contributed by atoms with Crippen molar-refractivity contribution in [1.82, 2.24) is 4.90 Å². The molecule has 1 unspecified atom stereocenters. The van der Waals surface area contributed by atoms with Crippen LogP contribution in [0.15, 0.2) is 0 Å². The van der Waals surface area contributed by atoms with Gasteiger partial charge in [0, 0.05) is 6.04 Å². The van der Waals surface area contributed by atoms with Gasteiger partial charge in [0.15, 0.2) is 0 Å². The van der Waals surface area contributed by atoms with E-state index in [0.29, 0.717) is 0 Å². The third kappa shape index (κ3) is 10.4. The molecular formula is C18H39N. The zero-order chi connectivity index (χ0) is 14.3. The lowest BCUT2D eigenvalue weighted by atomic mass is 9.99. The summed E-state index contributed by atoms with van der Waals surface area (Å²) >= 11 is 0. The van der Waals surface area contributed by atoms with E-state index in [9.17, 15) is 0 Å². The van der Waals surface area contributed by atoms with E-state index in [1.54, 1.807) is 0 Å². The number of rotatable bonds is 14. The van der Waals surface area contributed by atoms with Crippen molar-refractivity contribution in [3.8, 4) is 0 Å². The lowest BCUT2D eigenvalue weighted by molar-refractivity contribution is 0.188. The smallest absolute Gasteiger partial charge is 0.00950 e. The third-order valence-corrected chi connectivity index (χ3v) is 4.36. The Bertz CT molecular complexity index is 163. The van der Waals surface area contributed by atoms with Gasteiger partial charge in [0.2, 0.25) is 0 Å². The molecule has 0 rings (SSSR count). The van der Waals surface area contributed by atoms with E-state index in [-0.39, 0.29) is 0 Å². The fourth-order valence-corrected chi connectivity index (χ4v) is 3.04. The minimum absolute atomic E-state index is 0.855. The predicted octanol–water partition coefficient (Wildman–Crippen LogP) is 6.03. The quantitative estimate of drug-likeness (QED) is 0.348. The molecule has 116 valence electrons. The van der Waals surface area contributed by atoms with Crippen LogP contribution in [0, 0.1) is 0 Å². The molecule has 0 aliphatic heterocycles.